The Bertz CT molecular complexity index is 400. The van der Waals surface area contributed by atoms with Crippen LogP contribution in [0.25, 0.3) is 0 Å². The number of nitrogens with zero attached hydrogens (tertiary/aromatic N) is 1. The molecule has 3 aliphatic rings. The highest BCUT2D eigenvalue weighted by molar-refractivity contribution is 5.93. The standard InChI is InChI=1S/C16H26N2O3/c19-14-6-9-18(10-11-21-12-13-4-5-13)15(20)16(17-14)7-2-1-3-8-16/h13H,1-12H2,(H,17,19). The number of ether oxygens (including phenoxy) is 1. The Morgan fingerprint density at radius 3 is 2.67 bits per heavy atom. The molecule has 3 rings (SSSR count). The third-order valence-corrected chi connectivity index (χ3v) is 4.95. The first-order valence-electron chi connectivity index (χ1n) is 8.38. The second kappa shape index (κ2) is 6.34. The van der Waals surface area contributed by atoms with Crippen molar-refractivity contribution in [2.45, 2.75) is 56.9 Å². The third kappa shape index (κ3) is 3.57. The average molecular weight is 294 g/mol. The normalized spacial score (nSPS) is 25.8. The summed E-state index contributed by atoms with van der Waals surface area (Å²) >= 11 is 0. The van der Waals surface area contributed by atoms with Crippen LogP contribution in [0.5, 0.6) is 0 Å². The van der Waals surface area contributed by atoms with Crippen molar-refractivity contribution in [2.24, 2.45) is 5.92 Å². The van der Waals surface area contributed by atoms with Crippen LogP contribution in [0.4, 0.5) is 0 Å². The molecule has 0 unspecified atom stereocenters. The molecule has 0 aromatic heterocycles. The molecule has 2 amide bonds. The van der Waals surface area contributed by atoms with E-state index in [-0.39, 0.29) is 11.8 Å². The Morgan fingerprint density at radius 1 is 1.19 bits per heavy atom. The Kier molecular flexibility index (Phi) is 4.48. The minimum absolute atomic E-state index is 0.0200. The van der Waals surface area contributed by atoms with E-state index in [2.05, 4.69) is 5.32 Å². The van der Waals surface area contributed by atoms with Crippen molar-refractivity contribution in [2.75, 3.05) is 26.3 Å². The second-order valence-electron chi connectivity index (χ2n) is 6.75. The van der Waals surface area contributed by atoms with E-state index in [0.29, 0.717) is 26.1 Å². The van der Waals surface area contributed by atoms with Gasteiger partial charge in [0.25, 0.3) is 0 Å². The molecule has 0 aromatic rings. The van der Waals surface area contributed by atoms with Gasteiger partial charge in [0.05, 0.1) is 6.61 Å². The van der Waals surface area contributed by atoms with Crippen molar-refractivity contribution in [1.82, 2.24) is 10.2 Å². The quantitative estimate of drug-likeness (QED) is 0.781. The molecule has 0 aromatic carbocycles. The fourth-order valence-electron chi connectivity index (χ4n) is 3.44. The highest BCUT2D eigenvalue weighted by Crippen LogP contribution is 2.32. The zero-order valence-electron chi connectivity index (χ0n) is 12.7. The maximum atomic E-state index is 12.9. The lowest BCUT2D eigenvalue weighted by Gasteiger charge is -2.38. The van der Waals surface area contributed by atoms with Gasteiger partial charge in [0.1, 0.15) is 5.54 Å². The number of hydrogen-bond donors (Lipinski definition) is 1. The van der Waals surface area contributed by atoms with E-state index in [4.69, 9.17) is 4.74 Å². The number of carbonyl (C=O) groups is 2. The van der Waals surface area contributed by atoms with Gasteiger partial charge < -0.3 is 15.0 Å². The maximum absolute atomic E-state index is 12.9. The van der Waals surface area contributed by atoms with Gasteiger partial charge >= 0.3 is 0 Å². The molecule has 1 spiro atoms. The van der Waals surface area contributed by atoms with E-state index in [0.717, 1.165) is 44.6 Å². The lowest BCUT2D eigenvalue weighted by molar-refractivity contribution is -0.141. The van der Waals surface area contributed by atoms with Crippen LogP contribution in [0.2, 0.25) is 0 Å². The Balaban J connectivity index is 1.58. The molecule has 5 heteroatoms. The largest absolute Gasteiger partial charge is 0.379 e. The summed E-state index contributed by atoms with van der Waals surface area (Å²) in [6.45, 7) is 2.55. The molecule has 1 heterocycles. The van der Waals surface area contributed by atoms with Gasteiger partial charge in [0, 0.05) is 26.1 Å². The number of rotatable bonds is 5. The predicted octanol–water partition coefficient (Wildman–Crippen LogP) is 1.46. The topological polar surface area (TPSA) is 58.6 Å². The highest BCUT2D eigenvalue weighted by Gasteiger charge is 2.44. The molecule has 2 aliphatic carbocycles. The van der Waals surface area contributed by atoms with Crippen LogP contribution < -0.4 is 5.32 Å². The van der Waals surface area contributed by atoms with Crippen LogP contribution in [-0.2, 0) is 14.3 Å². The molecule has 2 saturated carbocycles. The van der Waals surface area contributed by atoms with E-state index in [1.165, 1.54) is 12.8 Å². The van der Waals surface area contributed by atoms with Gasteiger partial charge in [-0.2, -0.15) is 0 Å². The summed E-state index contributed by atoms with van der Waals surface area (Å²) in [6, 6.07) is 0. The molecule has 0 radical (unpaired) electrons. The first-order chi connectivity index (χ1) is 10.2. The van der Waals surface area contributed by atoms with E-state index in [1.807, 2.05) is 4.90 Å². The smallest absolute Gasteiger partial charge is 0.248 e. The number of amides is 2. The van der Waals surface area contributed by atoms with Gasteiger partial charge in [-0.3, -0.25) is 9.59 Å². The zero-order valence-corrected chi connectivity index (χ0v) is 12.7. The monoisotopic (exact) mass is 294 g/mol. The minimum atomic E-state index is -0.623. The Labute approximate surface area is 126 Å². The predicted molar refractivity (Wildman–Crippen MR) is 78.7 cm³/mol. The van der Waals surface area contributed by atoms with Crippen molar-refractivity contribution in [3.63, 3.8) is 0 Å². The van der Waals surface area contributed by atoms with Crippen molar-refractivity contribution < 1.29 is 14.3 Å². The molecule has 118 valence electrons. The molecular weight excluding hydrogens is 268 g/mol. The third-order valence-electron chi connectivity index (χ3n) is 4.95. The summed E-state index contributed by atoms with van der Waals surface area (Å²) in [5, 5.41) is 3.02. The first-order valence-corrected chi connectivity index (χ1v) is 8.38. The van der Waals surface area contributed by atoms with Gasteiger partial charge in [-0.25, -0.2) is 0 Å². The average Bonchev–Trinajstić information content (AvgIpc) is 3.31. The lowest BCUT2D eigenvalue weighted by Crippen LogP contribution is -2.58. The van der Waals surface area contributed by atoms with Crippen LogP contribution in [-0.4, -0.2) is 48.6 Å². The van der Waals surface area contributed by atoms with E-state index in [9.17, 15) is 9.59 Å². The van der Waals surface area contributed by atoms with Gasteiger partial charge in [-0.1, -0.05) is 19.3 Å². The van der Waals surface area contributed by atoms with Crippen LogP contribution >= 0.6 is 0 Å². The number of hydrogen-bond acceptors (Lipinski definition) is 3. The van der Waals surface area contributed by atoms with Crippen LogP contribution in [0.15, 0.2) is 0 Å². The molecule has 1 saturated heterocycles. The maximum Gasteiger partial charge on any atom is 0.248 e. The van der Waals surface area contributed by atoms with E-state index < -0.39 is 5.54 Å². The summed E-state index contributed by atoms with van der Waals surface area (Å²) < 4.78 is 5.65. The highest BCUT2D eigenvalue weighted by atomic mass is 16.5. The van der Waals surface area contributed by atoms with Gasteiger partial charge in [0.15, 0.2) is 0 Å². The molecular formula is C16H26N2O3. The SMILES string of the molecule is O=C1CCN(CCOCC2CC2)C(=O)C2(CCCCC2)N1. The van der Waals surface area contributed by atoms with Gasteiger partial charge in [0.2, 0.25) is 11.8 Å². The molecule has 1 N–H and O–H groups in total. The van der Waals surface area contributed by atoms with Crippen LogP contribution in [0.1, 0.15) is 51.4 Å². The van der Waals surface area contributed by atoms with Crippen molar-refractivity contribution in [3.05, 3.63) is 0 Å². The Hall–Kier alpha value is -1.10. The van der Waals surface area contributed by atoms with E-state index in [1.54, 1.807) is 0 Å². The van der Waals surface area contributed by atoms with Crippen LogP contribution in [0, 0.1) is 5.92 Å². The summed E-state index contributed by atoms with van der Waals surface area (Å²) in [5.74, 6) is 0.882. The molecule has 5 nitrogen and oxygen atoms in total. The van der Waals surface area contributed by atoms with Gasteiger partial charge in [-0.15, -0.1) is 0 Å². The summed E-state index contributed by atoms with van der Waals surface area (Å²) in [4.78, 5) is 26.7. The Morgan fingerprint density at radius 2 is 1.95 bits per heavy atom. The summed E-state index contributed by atoms with van der Waals surface area (Å²) in [6.07, 6.45) is 7.77. The fraction of sp³-hybridized carbons (Fsp3) is 0.875. The molecule has 0 atom stereocenters. The molecule has 1 aliphatic heterocycles. The molecule has 21 heavy (non-hydrogen) atoms. The van der Waals surface area contributed by atoms with Crippen molar-refractivity contribution in [1.29, 1.82) is 0 Å². The second-order valence-corrected chi connectivity index (χ2v) is 6.75. The first kappa shape index (κ1) is 14.8. The van der Waals surface area contributed by atoms with E-state index >= 15 is 0 Å². The molecule has 0 bridgehead atoms. The summed E-state index contributed by atoms with van der Waals surface area (Å²) in [5.41, 5.74) is -0.623. The molecule has 3 fully saturated rings. The van der Waals surface area contributed by atoms with Crippen molar-refractivity contribution in [3.8, 4) is 0 Å². The summed E-state index contributed by atoms with van der Waals surface area (Å²) in [7, 11) is 0. The lowest BCUT2D eigenvalue weighted by atomic mass is 9.80. The minimum Gasteiger partial charge on any atom is -0.379 e. The van der Waals surface area contributed by atoms with Crippen LogP contribution in [0.3, 0.4) is 0 Å². The number of carbonyl (C=O) groups excluding carboxylic acids is 2. The fourth-order valence-corrected chi connectivity index (χ4v) is 3.44. The van der Waals surface area contributed by atoms with Crippen molar-refractivity contribution >= 4 is 11.8 Å². The van der Waals surface area contributed by atoms with Gasteiger partial charge in [-0.05, 0) is 31.6 Å². The number of nitrogens with one attached hydrogen (secondary N) is 1. The zero-order chi connectivity index (χ0) is 14.7.